The van der Waals surface area contributed by atoms with Crippen molar-refractivity contribution in [1.82, 2.24) is 5.32 Å². The van der Waals surface area contributed by atoms with Gasteiger partial charge in [0.2, 0.25) is 0 Å². The molecule has 18 heavy (non-hydrogen) atoms. The van der Waals surface area contributed by atoms with E-state index < -0.39 is 0 Å². The number of aryl methyl sites for hydroxylation is 2. The van der Waals surface area contributed by atoms with Gasteiger partial charge in [0.1, 0.15) is 6.04 Å². The number of thioether (sulfide) groups is 1. The summed E-state index contributed by atoms with van der Waals surface area (Å²) in [5, 5.41) is 2.97. The smallest absolute Gasteiger partial charge is 0.322 e. The molecule has 1 rings (SSSR count). The van der Waals surface area contributed by atoms with E-state index in [4.69, 9.17) is 4.74 Å². The van der Waals surface area contributed by atoms with Crippen LogP contribution in [0.25, 0.3) is 0 Å². The quantitative estimate of drug-likeness (QED) is 0.635. The highest BCUT2D eigenvalue weighted by molar-refractivity contribution is 7.99. The number of esters is 1. The molecule has 1 N–H and O–H groups in total. The molecule has 0 heterocycles. The van der Waals surface area contributed by atoms with Crippen LogP contribution in [0.3, 0.4) is 0 Å². The Morgan fingerprint density at radius 3 is 2.67 bits per heavy atom. The van der Waals surface area contributed by atoms with Crippen LogP contribution in [0.4, 0.5) is 0 Å². The predicted octanol–water partition coefficient (Wildman–Crippen LogP) is 2.55. The second-order valence-corrected chi connectivity index (χ2v) is 5.42. The lowest BCUT2D eigenvalue weighted by Crippen LogP contribution is -2.35. The Morgan fingerprint density at radius 1 is 1.39 bits per heavy atom. The standard InChI is InChI=1S/C14H21NO2S/c1-10-5-6-12(9-11(10)2)18-8-7-13(15-3)14(16)17-4/h5-6,9,13,15H,7-8H2,1-4H3. The van der Waals surface area contributed by atoms with Crippen LogP contribution in [0.1, 0.15) is 17.5 Å². The number of benzene rings is 1. The van der Waals surface area contributed by atoms with E-state index in [2.05, 4.69) is 37.4 Å². The lowest BCUT2D eigenvalue weighted by Gasteiger charge is -2.13. The third-order valence-corrected chi connectivity index (χ3v) is 4.01. The van der Waals surface area contributed by atoms with Gasteiger partial charge in [-0.2, -0.15) is 0 Å². The van der Waals surface area contributed by atoms with Crippen molar-refractivity contribution in [3.8, 4) is 0 Å². The molecule has 0 aromatic heterocycles. The number of carbonyl (C=O) groups excluding carboxylic acids is 1. The van der Waals surface area contributed by atoms with E-state index in [0.717, 1.165) is 12.2 Å². The van der Waals surface area contributed by atoms with Crippen molar-refractivity contribution in [2.24, 2.45) is 0 Å². The molecule has 3 nitrogen and oxygen atoms in total. The first-order chi connectivity index (χ1) is 8.58. The summed E-state index contributed by atoms with van der Waals surface area (Å²) in [4.78, 5) is 12.6. The number of ether oxygens (including phenoxy) is 1. The summed E-state index contributed by atoms with van der Waals surface area (Å²) in [5.41, 5.74) is 2.61. The molecule has 0 spiro atoms. The van der Waals surface area contributed by atoms with Gasteiger partial charge in [0, 0.05) is 10.6 Å². The minimum atomic E-state index is -0.214. The molecule has 0 bridgehead atoms. The monoisotopic (exact) mass is 267 g/mol. The Morgan fingerprint density at radius 2 is 2.11 bits per heavy atom. The fraction of sp³-hybridized carbons (Fsp3) is 0.500. The Labute approximate surface area is 113 Å². The van der Waals surface area contributed by atoms with Gasteiger partial charge in [-0.15, -0.1) is 11.8 Å². The fourth-order valence-corrected chi connectivity index (χ4v) is 2.63. The van der Waals surface area contributed by atoms with Gasteiger partial charge >= 0.3 is 5.97 Å². The van der Waals surface area contributed by atoms with Crippen LogP contribution in [0.2, 0.25) is 0 Å². The van der Waals surface area contributed by atoms with E-state index in [1.807, 2.05) is 0 Å². The molecule has 1 atom stereocenters. The van der Waals surface area contributed by atoms with Crippen LogP contribution in [0.15, 0.2) is 23.1 Å². The topological polar surface area (TPSA) is 38.3 Å². The summed E-state index contributed by atoms with van der Waals surface area (Å²) < 4.78 is 4.73. The molecule has 0 fully saturated rings. The van der Waals surface area contributed by atoms with Gasteiger partial charge in [-0.05, 0) is 50.6 Å². The van der Waals surface area contributed by atoms with E-state index in [9.17, 15) is 4.79 Å². The summed E-state index contributed by atoms with van der Waals surface area (Å²) in [6, 6.07) is 6.23. The van der Waals surface area contributed by atoms with Crippen molar-refractivity contribution in [2.75, 3.05) is 19.9 Å². The molecular formula is C14H21NO2S. The molecule has 0 saturated carbocycles. The minimum Gasteiger partial charge on any atom is -0.468 e. The zero-order valence-corrected chi connectivity index (χ0v) is 12.3. The lowest BCUT2D eigenvalue weighted by atomic mass is 10.1. The van der Waals surface area contributed by atoms with E-state index in [1.54, 1.807) is 18.8 Å². The third-order valence-electron chi connectivity index (χ3n) is 2.99. The first-order valence-electron chi connectivity index (χ1n) is 6.03. The van der Waals surface area contributed by atoms with Crippen LogP contribution in [0.5, 0.6) is 0 Å². The Hall–Kier alpha value is -1.00. The van der Waals surface area contributed by atoms with Crippen molar-refractivity contribution in [2.45, 2.75) is 31.2 Å². The highest BCUT2D eigenvalue weighted by atomic mass is 32.2. The summed E-state index contributed by atoms with van der Waals surface area (Å²) in [5.74, 6) is 0.696. The molecule has 1 unspecified atom stereocenters. The first kappa shape index (κ1) is 15.1. The maximum absolute atomic E-state index is 11.4. The van der Waals surface area contributed by atoms with E-state index in [1.165, 1.54) is 23.1 Å². The summed E-state index contributed by atoms with van der Waals surface area (Å²) in [6.07, 6.45) is 0.765. The third kappa shape index (κ3) is 4.35. The van der Waals surface area contributed by atoms with Crippen LogP contribution in [-0.4, -0.2) is 31.9 Å². The highest BCUT2D eigenvalue weighted by Crippen LogP contribution is 2.22. The van der Waals surface area contributed by atoms with Gasteiger partial charge in [-0.25, -0.2) is 0 Å². The van der Waals surface area contributed by atoms with Crippen molar-refractivity contribution in [3.05, 3.63) is 29.3 Å². The number of hydrogen-bond donors (Lipinski definition) is 1. The van der Waals surface area contributed by atoms with Gasteiger partial charge in [-0.1, -0.05) is 6.07 Å². The zero-order chi connectivity index (χ0) is 13.5. The molecule has 0 saturated heterocycles. The molecular weight excluding hydrogens is 246 g/mol. The molecule has 100 valence electrons. The largest absolute Gasteiger partial charge is 0.468 e. The van der Waals surface area contributed by atoms with Gasteiger partial charge in [-0.3, -0.25) is 4.79 Å². The van der Waals surface area contributed by atoms with Crippen LogP contribution in [0, 0.1) is 13.8 Å². The number of rotatable bonds is 6. The van der Waals surface area contributed by atoms with Gasteiger partial charge in [0.15, 0.2) is 0 Å². The number of methoxy groups -OCH3 is 1. The van der Waals surface area contributed by atoms with Crippen molar-refractivity contribution < 1.29 is 9.53 Å². The highest BCUT2D eigenvalue weighted by Gasteiger charge is 2.16. The van der Waals surface area contributed by atoms with Crippen LogP contribution < -0.4 is 5.32 Å². The lowest BCUT2D eigenvalue weighted by molar-refractivity contribution is -0.143. The predicted molar refractivity (Wildman–Crippen MR) is 76.1 cm³/mol. The van der Waals surface area contributed by atoms with Gasteiger partial charge in [0.05, 0.1) is 7.11 Å². The Kier molecular flexibility index (Phi) is 6.22. The molecule has 0 amide bonds. The molecule has 0 aliphatic carbocycles. The number of hydrogen-bond acceptors (Lipinski definition) is 4. The van der Waals surface area contributed by atoms with Crippen molar-refractivity contribution in [3.63, 3.8) is 0 Å². The molecule has 0 aliphatic rings. The first-order valence-corrected chi connectivity index (χ1v) is 7.02. The molecule has 0 aliphatic heterocycles. The Balaban J connectivity index is 2.45. The summed E-state index contributed by atoms with van der Waals surface area (Å²) in [6.45, 7) is 4.22. The van der Waals surface area contributed by atoms with Crippen LogP contribution >= 0.6 is 11.8 Å². The zero-order valence-electron chi connectivity index (χ0n) is 11.4. The molecule has 0 radical (unpaired) electrons. The number of carbonyl (C=O) groups is 1. The van der Waals surface area contributed by atoms with E-state index >= 15 is 0 Å². The average molecular weight is 267 g/mol. The van der Waals surface area contributed by atoms with Gasteiger partial charge < -0.3 is 10.1 Å². The average Bonchev–Trinajstić information content (AvgIpc) is 2.38. The van der Waals surface area contributed by atoms with Crippen LogP contribution in [-0.2, 0) is 9.53 Å². The summed E-state index contributed by atoms with van der Waals surface area (Å²) >= 11 is 1.77. The maximum Gasteiger partial charge on any atom is 0.322 e. The SMILES string of the molecule is CNC(CCSc1ccc(C)c(C)c1)C(=O)OC. The number of nitrogens with one attached hydrogen (secondary N) is 1. The second kappa shape index (κ2) is 7.44. The molecule has 1 aromatic rings. The fourth-order valence-electron chi connectivity index (χ4n) is 1.62. The normalized spacial score (nSPS) is 12.2. The van der Waals surface area contributed by atoms with E-state index in [-0.39, 0.29) is 12.0 Å². The van der Waals surface area contributed by atoms with Gasteiger partial charge in [0.25, 0.3) is 0 Å². The van der Waals surface area contributed by atoms with Crippen molar-refractivity contribution >= 4 is 17.7 Å². The molecule has 1 aromatic carbocycles. The van der Waals surface area contributed by atoms with E-state index in [0.29, 0.717) is 0 Å². The second-order valence-electron chi connectivity index (χ2n) is 4.25. The number of likely N-dealkylation sites (N-methyl/N-ethyl adjacent to an activating group) is 1. The molecule has 4 heteroatoms. The van der Waals surface area contributed by atoms with Crippen molar-refractivity contribution in [1.29, 1.82) is 0 Å². The maximum atomic E-state index is 11.4. The Bertz CT molecular complexity index is 407. The minimum absolute atomic E-state index is 0.196. The summed E-state index contributed by atoms with van der Waals surface area (Å²) in [7, 11) is 3.20.